The lowest BCUT2D eigenvalue weighted by Gasteiger charge is -2.30. The summed E-state index contributed by atoms with van der Waals surface area (Å²) in [6.07, 6.45) is 1.25. The first-order chi connectivity index (χ1) is 15.3. The molecule has 1 amide bonds. The lowest BCUT2D eigenvalue weighted by atomic mass is 9.78. The summed E-state index contributed by atoms with van der Waals surface area (Å²) in [4.78, 5) is 12.2. The van der Waals surface area contributed by atoms with E-state index in [1.807, 2.05) is 58.0 Å². The van der Waals surface area contributed by atoms with Crippen LogP contribution in [0, 0.1) is 5.92 Å². The normalized spacial score (nSPS) is 18.4. The highest BCUT2D eigenvalue weighted by atomic mass is 35.5. The summed E-state index contributed by atoms with van der Waals surface area (Å²) < 4.78 is 12.0. The molecule has 3 atom stereocenters. The number of para-hydroxylation sites is 1. The predicted octanol–water partition coefficient (Wildman–Crippen LogP) is 6.82. The number of fused-ring (bicyclic) bond motifs is 2. The smallest absolute Gasteiger partial charge is 0.408 e. The van der Waals surface area contributed by atoms with Crippen LogP contribution in [0.25, 0.3) is 0 Å². The van der Waals surface area contributed by atoms with Crippen molar-refractivity contribution < 1.29 is 14.3 Å². The van der Waals surface area contributed by atoms with E-state index in [-0.39, 0.29) is 23.8 Å². The van der Waals surface area contributed by atoms with Crippen molar-refractivity contribution in [2.75, 3.05) is 6.54 Å². The van der Waals surface area contributed by atoms with E-state index in [0.29, 0.717) is 11.6 Å². The average molecular weight is 459 g/mol. The molecule has 174 valence electrons. The highest BCUT2D eigenvalue weighted by Crippen LogP contribution is 2.48. The number of carbonyl (C=O) groups is 1. The van der Waals surface area contributed by atoms with E-state index in [9.17, 15) is 4.79 Å². The van der Waals surface area contributed by atoms with Gasteiger partial charge in [0.2, 0.25) is 0 Å². The van der Waals surface area contributed by atoms with Gasteiger partial charge in [0.05, 0.1) is 0 Å². The van der Waals surface area contributed by atoms with E-state index in [1.165, 1.54) is 5.56 Å². The lowest BCUT2D eigenvalue weighted by molar-refractivity contribution is 0.0465. The molecule has 6 heteroatoms. The van der Waals surface area contributed by atoms with E-state index < -0.39 is 12.3 Å². The third-order valence-electron chi connectivity index (χ3n) is 5.78. The van der Waals surface area contributed by atoms with Gasteiger partial charge in [0.1, 0.15) is 11.5 Å². The third-order valence-corrected chi connectivity index (χ3v) is 6.02. The van der Waals surface area contributed by atoms with Crippen molar-refractivity contribution in [1.29, 1.82) is 0 Å². The van der Waals surface area contributed by atoms with Crippen LogP contribution in [-0.2, 0) is 4.74 Å². The molecule has 0 radical (unpaired) electrons. The van der Waals surface area contributed by atoms with Gasteiger partial charge in [0, 0.05) is 35.0 Å². The van der Waals surface area contributed by atoms with Crippen LogP contribution in [0.4, 0.5) is 4.79 Å². The van der Waals surface area contributed by atoms with Gasteiger partial charge in [0.15, 0.2) is 6.23 Å². The second-order valence-corrected chi connectivity index (χ2v) is 9.54. The van der Waals surface area contributed by atoms with Crippen LogP contribution >= 0.6 is 11.6 Å². The van der Waals surface area contributed by atoms with E-state index in [1.54, 1.807) is 0 Å². The standard InChI is InChI=1S/C26H35ClN2O3/c1-6-9-19-20-10-7-8-11-23(20)31-24-13-12-18(27)14-21(24)22(19)15-28-25(16(2)3)32-26(30)29-17(4)5/h7-8,10-14,16-17,19,22,25,28H,6,9,15H2,1-5H3,(H,29,30). The second-order valence-electron chi connectivity index (χ2n) is 9.10. The Hall–Kier alpha value is -2.24. The Bertz CT molecular complexity index is 916. The number of amides is 1. The minimum Gasteiger partial charge on any atom is -0.457 e. The number of hydrogen-bond acceptors (Lipinski definition) is 4. The molecule has 1 heterocycles. The number of hydrogen-bond donors (Lipinski definition) is 2. The van der Waals surface area contributed by atoms with Crippen molar-refractivity contribution in [3.63, 3.8) is 0 Å². The lowest BCUT2D eigenvalue weighted by Crippen LogP contribution is -2.44. The minimum absolute atomic E-state index is 0.0220. The molecule has 1 aliphatic heterocycles. The Kier molecular flexibility index (Phi) is 8.44. The molecule has 3 rings (SSSR count). The Labute approximate surface area is 196 Å². The molecule has 0 spiro atoms. The number of alkyl carbamates (subject to hydrolysis) is 1. The molecular weight excluding hydrogens is 424 g/mol. The van der Waals surface area contributed by atoms with Crippen LogP contribution in [0.2, 0.25) is 5.02 Å². The number of benzene rings is 2. The van der Waals surface area contributed by atoms with Gasteiger partial charge >= 0.3 is 6.09 Å². The average Bonchev–Trinajstić information content (AvgIpc) is 2.85. The summed E-state index contributed by atoms with van der Waals surface area (Å²) in [5, 5.41) is 7.01. The first-order valence-electron chi connectivity index (χ1n) is 11.6. The Balaban J connectivity index is 1.92. The number of rotatable bonds is 8. The molecule has 2 aromatic carbocycles. The van der Waals surface area contributed by atoms with Crippen LogP contribution in [0.15, 0.2) is 42.5 Å². The SMILES string of the molecule is CCCC1c2ccccc2Oc2ccc(Cl)cc2C1CNC(OC(=O)NC(C)C)C(C)C. The number of halogens is 1. The minimum atomic E-state index is -0.408. The third kappa shape index (κ3) is 5.96. The van der Waals surface area contributed by atoms with E-state index in [4.69, 9.17) is 21.1 Å². The predicted molar refractivity (Wildman–Crippen MR) is 130 cm³/mol. The Morgan fingerprint density at radius 3 is 2.47 bits per heavy atom. The summed E-state index contributed by atoms with van der Waals surface area (Å²) in [6.45, 7) is 10.7. The van der Waals surface area contributed by atoms with Gasteiger partial charge in [-0.2, -0.15) is 0 Å². The highest BCUT2D eigenvalue weighted by Gasteiger charge is 2.33. The first kappa shape index (κ1) is 24.4. The van der Waals surface area contributed by atoms with Crippen molar-refractivity contribution in [2.45, 2.75) is 71.6 Å². The topological polar surface area (TPSA) is 59.6 Å². The maximum atomic E-state index is 12.2. The first-order valence-corrected chi connectivity index (χ1v) is 11.9. The zero-order valence-corrected chi connectivity index (χ0v) is 20.4. The number of nitrogens with one attached hydrogen (secondary N) is 2. The second kappa shape index (κ2) is 11.1. The van der Waals surface area contributed by atoms with Crippen LogP contribution in [0.1, 0.15) is 70.4 Å². The summed E-state index contributed by atoms with van der Waals surface area (Å²) in [5.41, 5.74) is 2.28. The van der Waals surface area contributed by atoms with Crippen LogP contribution in [0.5, 0.6) is 11.5 Å². The zero-order valence-electron chi connectivity index (χ0n) is 19.7. The monoisotopic (exact) mass is 458 g/mol. The van der Waals surface area contributed by atoms with Crippen LogP contribution in [-0.4, -0.2) is 24.9 Å². The van der Waals surface area contributed by atoms with Gasteiger partial charge in [0.25, 0.3) is 0 Å². The maximum absolute atomic E-state index is 12.2. The zero-order chi connectivity index (χ0) is 23.3. The molecule has 0 bridgehead atoms. The molecule has 0 saturated carbocycles. The summed E-state index contributed by atoms with van der Waals surface area (Å²) in [7, 11) is 0. The van der Waals surface area contributed by atoms with Gasteiger partial charge in [-0.3, -0.25) is 5.32 Å². The summed E-state index contributed by atoms with van der Waals surface area (Å²) >= 11 is 6.41. The molecule has 0 aliphatic carbocycles. The summed E-state index contributed by atoms with van der Waals surface area (Å²) in [5.74, 6) is 2.20. The number of ether oxygens (including phenoxy) is 2. The van der Waals surface area contributed by atoms with Crippen LogP contribution < -0.4 is 15.4 Å². The Morgan fingerprint density at radius 1 is 1.06 bits per heavy atom. The van der Waals surface area contributed by atoms with Crippen molar-refractivity contribution in [3.8, 4) is 11.5 Å². The Morgan fingerprint density at radius 2 is 1.78 bits per heavy atom. The fourth-order valence-corrected chi connectivity index (χ4v) is 4.48. The molecule has 0 saturated heterocycles. The number of carbonyl (C=O) groups excluding carboxylic acids is 1. The van der Waals surface area contributed by atoms with Crippen molar-refractivity contribution in [2.24, 2.45) is 5.92 Å². The molecule has 5 nitrogen and oxygen atoms in total. The fourth-order valence-electron chi connectivity index (χ4n) is 4.30. The maximum Gasteiger partial charge on any atom is 0.408 e. The van der Waals surface area contributed by atoms with Crippen LogP contribution in [0.3, 0.4) is 0 Å². The molecule has 0 fully saturated rings. The fraction of sp³-hybridized carbons (Fsp3) is 0.500. The molecule has 0 aromatic heterocycles. The van der Waals surface area contributed by atoms with E-state index in [0.717, 1.165) is 29.9 Å². The molecule has 32 heavy (non-hydrogen) atoms. The summed E-state index contributed by atoms with van der Waals surface area (Å²) in [6, 6.07) is 14.1. The largest absolute Gasteiger partial charge is 0.457 e. The molecule has 3 unspecified atom stereocenters. The van der Waals surface area contributed by atoms with Gasteiger partial charge in [-0.1, -0.05) is 57.0 Å². The van der Waals surface area contributed by atoms with E-state index >= 15 is 0 Å². The quantitative estimate of drug-likeness (QED) is 0.426. The van der Waals surface area contributed by atoms with Gasteiger partial charge in [-0.05, 0) is 56.0 Å². The molecule has 2 N–H and O–H groups in total. The van der Waals surface area contributed by atoms with Crippen molar-refractivity contribution >= 4 is 17.7 Å². The van der Waals surface area contributed by atoms with Gasteiger partial charge in [-0.15, -0.1) is 0 Å². The molecule has 1 aliphatic rings. The highest BCUT2D eigenvalue weighted by molar-refractivity contribution is 6.30. The van der Waals surface area contributed by atoms with Gasteiger partial charge < -0.3 is 14.8 Å². The van der Waals surface area contributed by atoms with E-state index in [2.05, 4.69) is 29.7 Å². The van der Waals surface area contributed by atoms with Crippen molar-refractivity contribution in [3.05, 3.63) is 58.6 Å². The molecule has 2 aromatic rings. The van der Waals surface area contributed by atoms with Gasteiger partial charge in [-0.25, -0.2) is 4.79 Å². The molecular formula is C26H35ClN2O3. The van der Waals surface area contributed by atoms with Crippen molar-refractivity contribution in [1.82, 2.24) is 10.6 Å².